The van der Waals surface area contributed by atoms with Crippen LogP contribution in [0.15, 0.2) is 72.8 Å². The molecule has 4 rings (SSSR count). The number of ether oxygens (including phenoxy) is 1. The molecule has 3 aromatic carbocycles. The summed E-state index contributed by atoms with van der Waals surface area (Å²) in [4.78, 5) is 30.1. The van der Waals surface area contributed by atoms with Gasteiger partial charge in [0.05, 0.1) is 7.11 Å². The highest BCUT2D eigenvalue weighted by atomic mass is 35.5. The van der Waals surface area contributed by atoms with Crippen LogP contribution in [0.5, 0.6) is 5.75 Å². The van der Waals surface area contributed by atoms with Crippen molar-refractivity contribution in [1.29, 1.82) is 0 Å². The molecule has 1 N–H and O–H groups in total. The SMILES string of the molecule is COc1ccc(-c2nnn(CC(=O)N(Cc3ccccc3Cl)[C@H](C(=O)NC(C)(C)C)c3ccc(F)cc3)n2)cc1. The van der Waals surface area contributed by atoms with Gasteiger partial charge in [-0.1, -0.05) is 41.9 Å². The van der Waals surface area contributed by atoms with Crippen molar-refractivity contribution in [1.82, 2.24) is 30.4 Å². The lowest BCUT2D eigenvalue weighted by atomic mass is 10.0. The summed E-state index contributed by atoms with van der Waals surface area (Å²) in [5.41, 5.74) is 1.18. The lowest BCUT2D eigenvalue weighted by Crippen LogP contribution is -2.49. The summed E-state index contributed by atoms with van der Waals surface area (Å²) in [6.45, 7) is 5.23. The number of methoxy groups -OCH3 is 1. The molecule has 0 fully saturated rings. The van der Waals surface area contributed by atoms with E-state index in [4.69, 9.17) is 16.3 Å². The highest BCUT2D eigenvalue weighted by Crippen LogP contribution is 2.28. The number of hydrogen-bond donors (Lipinski definition) is 1. The van der Waals surface area contributed by atoms with E-state index in [1.54, 1.807) is 55.6 Å². The number of hydrogen-bond acceptors (Lipinski definition) is 6. The Bertz CT molecular complexity index is 1470. The summed E-state index contributed by atoms with van der Waals surface area (Å²) in [5.74, 6) is -0.335. The van der Waals surface area contributed by atoms with Crippen molar-refractivity contribution in [2.24, 2.45) is 0 Å². The molecule has 11 heteroatoms. The van der Waals surface area contributed by atoms with Crippen molar-refractivity contribution < 1.29 is 18.7 Å². The van der Waals surface area contributed by atoms with Crippen molar-refractivity contribution in [2.75, 3.05) is 7.11 Å². The summed E-state index contributed by atoms with van der Waals surface area (Å²) >= 11 is 6.45. The first kappa shape index (κ1) is 28.7. The third-order valence-corrected chi connectivity index (χ3v) is 6.31. The van der Waals surface area contributed by atoms with Crippen LogP contribution in [-0.4, -0.2) is 49.6 Å². The van der Waals surface area contributed by atoms with Gasteiger partial charge in [-0.3, -0.25) is 9.59 Å². The largest absolute Gasteiger partial charge is 0.497 e. The summed E-state index contributed by atoms with van der Waals surface area (Å²) in [6.07, 6.45) is 0. The van der Waals surface area contributed by atoms with Crippen molar-refractivity contribution in [2.45, 2.75) is 45.4 Å². The fraction of sp³-hybridized carbons (Fsp3) is 0.276. The Morgan fingerprint density at radius 3 is 2.35 bits per heavy atom. The zero-order chi connectivity index (χ0) is 28.9. The lowest BCUT2D eigenvalue weighted by molar-refractivity contribution is -0.143. The standard InChI is InChI=1S/C29H30ClFN6O3/c1-29(2,3)32-28(39)26(19-9-13-22(31)14-10-19)36(17-21-7-5-6-8-24(21)30)25(38)18-37-34-27(33-35-37)20-11-15-23(40-4)16-12-20/h5-16,26H,17-18H2,1-4H3,(H,32,39)/t26-/m0/s1. The molecule has 0 spiro atoms. The predicted octanol–water partition coefficient (Wildman–Crippen LogP) is 4.83. The Hall–Kier alpha value is -4.31. The third kappa shape index (κ3) is 7.20. The normalized spacial score (nSPS) is 12.1. The maximum Gasteiger partial charge on any atom is 0.247 e. The van der Waals surface area contributed by atoms with Crippen molar-refractivity contribution in [3.63, 3.8) is 0 Å². The van der Waals surface area contributed by atoms with E-state index in [1.807, 2.05) is 20.8 Å². The number of benzene rings is 3. The molecule has 9 nitrogen and oxygen atoms in total. The Morgan fingerprint density at radius 1 is 1.05 bits per heavy atom. The van der Waals surface area contributed by atoms with Gasteiger partial charge in [0.1, 0.15) is 24.2 Å². The maximum atomic E-state index is 13.9. The molecule has 4 aromatic rings. The number of carbonyl (C=O) groups excluding carboxylic acids is 2. The van der Waals surface area contributed by atoms with Gasteiger partial charge in [-0.15, -0.1) is 10.2 Å². The van der Waals surface area contributed by atoms with Crippen molar-refractivity contribution in [3.05, 3.63) is 94.8 Å². The van der Waals surface area contributed by atoms with Gasteiger partial charge in [0, 0.05) is 22.7 Å². The van der Waals surface area contributed by atoms with Crippen LogP contribution < -0.4 is 10.1 Å². The third-order valence-electron chi connectivity index (χ3n) is 5.94. The lowest BCUT2D eigenvalue weighted by Gasteiger charge is -2.34. The van der Waals surface area contributed by atoms with Crippen LogP contribution in [0.1, 0.15) is 37.9 Å². The smallest absolute Gasteiger partial charge is 0.247 e. The average molecular weight is 565 g/mol. The number of carbonyl (C=O) groups is 2. The Morgan fingerprint density at radius 2 is 1.73 bits per heavy atom. The highest BCUT2D eigenvalue weighted by molar-refractivity contribution is 6.31. The van der Waals surface area contributed by atoms with E-state index in [-0.39, 0.29) is 13.1 Å². The van der Waals surface area contributed by atoms with Gasteiger partial charge in [0.15, 0.2) is 0 Å². The minimum absolute atomic E-state index is 0.0121. The number of halogens is 2. The van der Waals surface area contributed by atoms with Gasteiger partial charge in [-0.2, -0.15) is 4.80 Å². The molecule has 208 valence electrons. The van der Waals surface area contributed by atoms with Crippen LogP contribution in [0.25, 0.3) is 11.4 Å². The molecule has 0 unspecified atom stereocenters. The van der Waals surface area contributed by atoms with Crippen LogP contribution in [0.2, 0.25) is 5.02 Å². The van der Waals surface area contributed by atoms with Crippen LogP contribution >= 0.6 is 11.6 Å². The molecule has 1 atom stereocenters. The second kappa shape index (κ2) is 12.3. The minimum Gasteiger partial charge on any atom is -0.497 e. The quantitative estimate of drug-likeness (QED) is 0.312. The first-order valence-electron chi connectivity index (χ1n) is 12.6. The number of amides is 2. The molecule has 2 amide bonds. The molecule has 40 heavy (non-hydrogen) atoms. The van der Waals surface area contributed by atoms with E-state index < -0.39 is 29.2 Å². The van der Waals surface area contributed by atoms with E-state index >= 15 is 0 Å². The second-order valence-corrected chi connectivity index (χ2v) is 10.6. The zero-order valence-electron chi connectivity index (χ0n) is 22.6. The fourth-order valence-electron chi connectivity index (χ4n) is 4.07. The first-order chi connectivity index (χ1) is 19.0. The van der Waals surface area contributed by atoms with Crippen LogP contribution in [0.3, 0.4) is 0 Å². The highest BCUT2D eigenvalue weighted by Gasteiger charge is 2.34. The molecule has 0 aliphatic heterocycles. The number of aromatic nitrogens is 4. The maximum absolute atomic E-state index is 13.9. The van der Waals surface area contributed by atoms with Gasteiger partial charge in [-0.05, 0) is 79.6 Å². The van der Waals surface area contributed by atoms with E-state index in [2.05, 4.69) is 20.7 Å². The topological polar surface area (TPSA) is 102 Å². The average Bonchev–Trinajstić information content (AvgIpc) is 3.38. The Labute approximate surface area is 236 Å². The molecule has 0 aliphatic carbocycles. The number of tetrazole rings is 1. The fourth-order valence-corrected chi connectivity index (χ4v) is 4.26. The zero-order valence-corrected chi connectivity index (χ0v) is 23.4. The molecule has 0 saturated carbocycles. The minimum atomic E-state index is -1.09. The number of nitrogens with one attached hydrogen (secondary N) is 1. The second-order valence-electron chi connectivity index (χ2n) is 10.2. The Kier molecular flexibility index (Phi) is 8.79. The van der Waals surface area contributed by atoms with E-state index in [9.17, 15) is 14.0 Å². The van der Waals surface area contributed by atoms with Crippen LogP contribution in [0, 0.1) is 5.82 Å². The van der Waals surface area contributed by atoms with Gasteiger partial charge < -0.3 is 15.0 Å². The molecule has 0 radical (unpaired) electrons. The van der Waals surface area contributed by atoms with E-state index in [0.29, 0.717) is 33.3 Å². The van der Waals surface area contributed by atoms with Gasteiger partial charge in [0.2, 0.25) is 17.6 Å². The monoisotopic (exact) mass is 564 g/mol. The number of nitrogens with zero attached hydrogens (tertiary/aromatic N) is 5. The first-order valence-corrected chi connectivity index (χ1v) is 12.9. The van der Waals surface area contributed by atoms with E-state index in [0.717, 1.165) is 0 Å². The van der Waals surface area contributed by atoms with E-state index in [1.165, 1.54) is 34.0 Å². The molecular formula is C29H30ClFN6O3. The molecular weight excluding hydrogens is 535 g/mol. The predicted molar refractivity (Wildman–Crippen MR) is 149 cm³/mol. The van der Waals surface area contributed by atoms with Crippen LogP contribution in [0.4, 0.5) is 4.39 Å². The van der Waals surface area contributed by atoms with Gasteiger partial charge in [0.25, 0.3) is 0 Å². The van der Waals surface area contributed by atoms with Gasteiger partial charge in [-0.25, -0.2) is 4.39 Å². The molecule has 0 saturated heterocycles. The van der Waals surface area contributed by atoms with Crippen molar-refractivity contribution in [3.8, 4) is 17.1 Å². The summed E-state index contributed by atoms with van der Waals surface area (Å²) in [5, 5.41) is 15.9. The Balaban J connectivity index is 1.70. The van der Waals surface area contributed by atoms with Crippen molar-refractivity contribution >= 4 is 23.4 Å². The summed E-state index contributed by atoms with van der Waals surface area (Å²) in [7, 11) is 1.57. The number of rotatable bonds is 9. The summed E-state index contributed by atoms with van der Waals surface area (Å²) < 4.78 is 19.0. The van der Waals surface area contributed by atoms with Gasteiger partial charge >= 0.3 is 0 Å². The molecule has 1 aromatic heterocycles. The summed E-state index contributed by atoms with van der Waals surface area (Å²) in [6, 6.07) is 18.6. The molecule has 0 aliphatic rings. The van der Waals surface area contributed by atoms with Crippen LogP contribution in [-0.2, 0) is 22.7 Å². The molecule has 1 heterocycles. The molecule has 0 bridgehead atoms.